The molecule has 0 amide bonds. The third kappa shape index (κ3) is 3.48. The second kappa shape index (κ2) is 5.84. The summed E-state index contributed by atoms with van der Waals surface area (Å²) in [5, 5.41) is 1.54. The lowest BCUT2D eigenvalue weighted by Crippen LogP contribution is -2.26. The first-order chi connectivity index (χ1) is 9.23. The molecule has 1 aromatic rings. The van der Waals surface area contributed by atoms with Crippen molar-refractivity contribution in [3.05, 3.63) is 34.5 Å². The van der Waals surface area contributed by atoms with Crippen LogP contribution in [0.5, 0.6) is 0 Å². The summed E-state index contributed by atoms with van der Waals surface area (Å²) >= 11 is 4.13. The maximum absolute atomic E-state index is 12.0. The molecule has 110 valence electrons. The van der Waals surface area contributed by atoms with Crippen molar-refractivity contribution in [1.82, 2.24) is 0 Å². The molecule has 2 heterocycles. The van der Waals surface area contributed by atoms with Crippen molar-refractivity contribution in [2.75, 3.05) is 11.5 Å². The molecule has 1 fully saturated rings. The van der Waals surface area contributed by atoms with Crippen molar-refractivity contribution in [2.45, 2.75) is 16.3 Å². The third-order valence-electron chi connectivity index (χ3n) is 2.78. The zero-order valence-electron chi connectivity index (χ0n) is 10.7. The Labute approximate surface area is 130 Å². The average Bonchev–Trinajstić information content (AvgIpc) is 2.94. The molecule has 2 unspecified atom stereocenters. The van der Waals surface area contributed by atoms with Gasteiger partial charge in [0, 0.05) is 10.6 Å². The van der Waals surface area contributed by atoms with Gasteiger partial charge >= 0.3 is 0 Å². The van der Waals surface area contributed by atoms with Crippen LogP contribution in [0.4, 0.5) is 0 Å². The molecule has 8 heteroatoms. The van der Waals surface area contributed by atoms with Crippen molar-refractivity contribution in [1.29, 1.82) is 0 Å². The minimum absolute atomic E-state index is 0.0590. The highest BCUT2D eigenvalue weighted by molar-refractivity contribution is 8.22. The lowest BCUT2D eigenvalue weighted by molar-refractivity contribution is -0.114. The Balaban J connectivity index is 2.32. The maximum Gasteiger partial charge on any atom is 0.267 e. The Morgan fingerprint density at radius 3 is 2.80 bits per heavy atom. The van der Waals surface area contributed by atoms with E-state index >= 15 is 0 Å². The molecule has 0 spiro atoms. The predicted octanol–water partition coefficient (Wildman–Crippen LogP) is 2.78. The van der Waals surface area contributed by atoms with Gasteiger partial charge in [0.05, 0.1) is 5.25 Å². The number of thiophene rings is 1. The number of carbonyl (C=O) groups excluding carboxylic acids is 1. The van der Waals surface area contributed by atoms with Crippen LogP contribution in [0, 0.1) is 0 Å². The van der Waals surface area contributed by atoms with Crippen LogP contribution in [0.15, 0.2) is 29.7 Å². The fourth-order valence-electron chi connectivity index (χ4n) is 1.92. The summed E-state index contributed by atoms with van der Waals surface area (Å²) in [4.78, 5) is 12.9. The zero-order valence-corrected chi connectivity index (χ0v) is 14.0. The number of carbonyl (C=O) groups is 1. The summed E-state index contributed by atoms with van der Waals surface area (Å²) in [7, 11) is -4.13. The number of rotatable bonds is 5. The van der Waals surface area contributed by atoms with E-state index in [1.54, 1.807) is 6.92 Å². The van der Waals surface area contributed by atoms with Gasteiger partial charge in [0.25, 0.3) is 10.1 Å². The molecule has 1 N–H and O–H groups in total. The van der Waals surface area contributed by atoms with E-state index in [0.717, 1.165) is 4.88 Å². The molecule has 2 atom stereocenters. The van der Waals surface area contributed by atoms with Crippen LogP contribution in [0.3, 0.4) is 0 Å². The molecule has 4 nitrogen and oxygen atoms in total. The van der Waals surface area contributed by atoms with E-state index in [-0.39, 0.29) is 11.0 Å². The van der Waals surface area contributed by atoms with E-state index < -0.39 is 20.0 Å². The second-order valence-corrected chi connectivity index (χ2v) is 10.00. The first kappa shape index (κ1) is 16.1. The highest BCUT2D eigenvalue weighted by Gasteiger charge is 2.48. The smallest absolute Gasteiger partial charge is 0.267 e. The first-order valence-electron chi connectivity index (χ1n) is 5.74. The van der Waals surface area contributed by atoms with Crippen molar-refractivity contribution < 1.29 is 17.8 Å². The van der Waals surface area contributed by atoms with E-state index in [2.05, 4.69) is 6.58 Å². The van der Waals surface area contributed by atoms with Crippen LogP contribution in [0.25, 0.3) is 0 Å². The van der Waals surface area contributed by atoms with E-state index in [1.165, 1.54) is 34.9 Å². The fourth-order valence-corrected chi connectivity index (χ4v) is 8.51. The normalized spacial score (nSPS) is 26.6. The van der Waals surface area contributed by atoms with Crippen LogP contribution < -0.4 is 0 Å². The third-order valence-corrected chi connectivity index (χ3v) is 8.83. The summed E-state index contributed by atoms with van der Waals surface area (Å²) in [5.41, 5.74) is 0.469. The summed E-state index contributed by atoms with van der Waals surface area (Å²) in [5.74, 6) is 0.0656. The molecule has 1 saturated heterocycles. The number of hydrogen-bond acceptors (Lipinski definition) is 6. The zero-order chi connectivity index (χ0) is 15.0. The molecule has 1 aromatic heterocycles. The van der Waals surface area contributed by atoms with E-state index in [4.69, 9.17) is 0 Å². The van der Waals surface area contributed by atoms with Gasteiger partial charge in [-0.3, -0.25) is 9.35 Å². The molecule has 0 aliphatic carbocycles. The molecule has 20 heavy (non-hydrogen) atoms. The average molecular weight is 351 g/mol. The van der Waals surface area contributed by atoms with Crippen molar-refractivity contribution in [3.63, 3.8) is 0 Å². The van der Waals surface area contributed by atoms with Gasteiger partial charge in [0.1, 0.15) is 9.83 Å². The van der Waals surface area contributed by atoms with E-state index in [0.29, 0.717) is 11.3 Å². The highest BCUT2D eigenvalue weighted by Crippen LogP contribution is 2.57. The molecule has 0 bridgehead atoms. The molecule has 0 saturated carbocycles. The van der Waals surface area contributed by atoms with Gasteiger partial charge in [-0.15, -0.1) is 34.9 Å². The minimum atomic E-state index is -4.13. The van der Waals surface area contributed by atoms with Gasteiger partial charge in [0.15, 0.2) is 5.78 Å². The standard InChI is InChI=1S/C12H14O4S4/c1-8(2)11(13)9-6-18-12(19-9,7-20(14,15)16)10-4-3-5-17-10/h3-5,9H,1,6-7H2,2H3,(H,14,15,16). The van der Waals surface area contributed by atoms with Crippen LogP contribution in [-0.4, -0.2) is 35.5 Å². The monoisotopic (exact) mass is 350 g/mol. The van der Waals surface area contributed by atoms with Crippen LogP contribution >= 0.6 is 34.9 Å². The molecule has 0 radical (unpaired) electrons. The van der Waals surface area contributed by atoms with Crippen LogP contribution in [0.1, 0.15) is 11.8 Å². The summed E-state index contributed by atoms with van der Waals surface area (Å²) in [6.07, 6.45) is 0. The SMILES string of the molecule is C=C(C)C(=O)C1CSC(CS(=O)(=O)O)(c2cccs2)S1. The van der Waals surface area contributed by atoms with Crippen molar-refractivity contribution in [3.8, 4) is 0 Å². The molecule has 2 rings (SSSR count). The molecule has 0 aromatic carbocycles. The lowest BCUT2D eigenvalue weighted by atomic mass is 10.2. The van der Waals surface area contributed by atoms with E-state index in [9.17, 15) is 17.8 Å². The van der Waals surface area contributed by atoms with Gasteiger partial charge in [-0.2, -0.15) is 8.42 Å². The van der Waals surface area contributed by atoms with Crippen molar-refractivity contribution >= 4 is 50.8 Å². The van der Waals surface area contributed by atoms with Crippen molar-refractivity contribution in [2.24, 2.45) is 0 Å². The predicted molar refractivity (Wildman–Crippen MR) is 86.1 cm³/mol. The number of thioether (sulfide) groups is 2. The molecule has 1 aliphatic rings. The largest absolute Gasteiger partial charge is 0.293 e. The highest BCUT2D eigenvalue weighted by atomic mass is 32.2. The van der Waals surface area contributed by atoms with Gasteiger partial charge < -0.3 is 0 Å². The lowest BCUT2D eigenvalue weighted by Gasteiger charge is -2.25. The summed E-state index contributed by atoms with van der Waals surface area (Å²) < 4.78 is 31.1. The van der Waals surface area contributed by atoms with Gasteiger partial charge in [0.2, 0.25) is 0 Å². The number of allylic oxidation sites excluding steroid dienone is 1. The first-order valence-corrected chi connectivity index (χ1v) is 10.1. The summed E-state index contributed by atoms with van der Waals surface area (Å²) in [6.45, 7) is 5.30. The maximum atomic E-state index is 12.0. The second-order valence-electron chi connectivity index (χ2n) is 4.52. The van der Waals surface area contributed by atoms with Crippen LogP contribution in [-0.2, 0) is 19.0 Å². The number of Topliss-reactive ketones (excluding diaryl/α,β-unsaturated/α-hetero) is 1. The minimum Gasteiger partial charge on any atom is -0.293 e. The molecular formula is C12H14O4S4. The van der Waals surface area contributed by atoms with Gasteiger partial charge in [-0.05, 0) is 23.9 Å². The molecule has 1 aliphatic heterocycles. The Morgan fingerprint density at radius 1 is 1.60 bits per heavy atom. The van der Waals surface area contributed by atoms with Crippen LogP contribution in [0.2, 0.25) is 0 Å². The number of ketones is 1. The van der Waals surface area contributed by atoms with E-state index in [1.807, 2.05) is 17.5 Å². The Morgan fingerprint density at radius 2 is 2.30 bits per heavy atom. The molecular weight excluding hydrogens is 336 g/mol. The number of hydrogen-bond donors (Lipinski definition) is 1. The summed E-state index contributed by atoms with van der Waals surface area (Å²) in [6, 6.07) is 3.67. The van der Waals surface area contributed by atoms with Gasteiger partial charge in [-0.25, -0.2) is 0 Å². The Bertz CT molecular complexity index is 620. The van der Waals surface area contributed by atoms with Gasteiger partial charge in [-0.1, -0.05) is 12.6 Å². The fraction of sp³-hybridized carbons (Fsp3) is 0.417. The quantitative estimate of drug-likeness (QED) is 0.650. The topological polar surface area (TPSA) is 71.4 Å². The Kier molecular flexibility index (Phi) is 4.70. The Hall–Kier alpha value is -0.280.